The molecule has 1 aliphatic heterocycles. The second-order valence-electron chi connectivity index (χ2n) is 7.89. The average molecular weight is 369 g/mol. The summed E-state index contributed by atoms with van der Waals surface area (Å²) in [5.74, 6) is -1.29. The lowest BCUT2D eigenvalue weighted by Gasteiger charge is -2.47. The highest BCUT2D eigenvalue weighted by atomic mass is 19.4. The van der Waals surface area contributed by atoms with E-state index in [0.717, 1.165) is 19.6 Å². The summed E-state index contributed by atoms with van der Waals surface area (Å²) in [6.45, 7) is 7.32. The normalized spacial score (nSPS) is 27.1. The van der Waals surface area contributed by atoms with E-state index in [9.17, 15) is 18.0 Å². The van der Waals surface area contributed by atoms with Crippen molar-refractivity contribution >= 4 is 6.03 Å². The molecule has 0 spiro atoms. The highest BCUT2D eigenvalue weighted by Gasteiger charge is 2.54. The first kappa shape index (κ1) is 19.0. The van der Waals surface area contributed by atoms with Crippen LogP contribution in [0.1, 0.15) is 30.9 Å². The molecule has 1 aliphatic carbocycles. The van der Waals surface area contributed by atoms with Crippen LogP contribution >= 0.6 is 0 Å². The topological polar surface area (TPSA) is 35.6 Å². The van der Waals surface area contributed by atoms with Crippen LogP contribution in [0.3, 0.4) is 0 Å². The van der Waals surface area contributed by atoms with Crippen molar-refractivity contribution in [2.24, 2.45) is 5.92 Å². The van der Waals surface area contributed by atoms with Gasteiger partial charge >= 0.3 is 12.2 Å². The number of carbonyl (C=O) groups excluding carboxylic acids is 1. The molecular formula is C19H26F3N3O. The van der Waals surface area contributed by atoms with Gasteiger partial charge in [0.2, 0.25) is 0 Å². The van der Waals surface area contributed by atoms with Crippen LogP contribution in [0.4, 0.5) is 18.0 Å². The van der Waals surface area contributed by atoms with Crippen LogP contribution in [0.25, 0.3) is 0 Å². The fraction of sp³-hybridized carbons (Fsp3) is 0.632. The van der Waals surface area contributed by atoms with Gasteiger partial charge in [-0.2, -0.15) is 13.2 Å². The maximum absolute atomic E-state index is 12.7. The van der Waals surface area contributed by atoms with Gasteiger partial charge in [-0.25, -0.2) is 4.79 Å². The van der Waals surface area contributed by atoms with Crippen LogP contribution in [0.5, 0.6) is 0 Å². The summed E-state index contributed by atoms with van der Waals surface area (Å²) in [6.07, 6.45) is -4.23. The van der Waals surface area contributed by atoms with Gasteiger partial charge in [0.05, 0.1) is 5.92 Å². The molecule has 2 amide bonds. The second kappa shape index (κ2) is 7.10. The van der Waals surface area contributed by atoms with Crippen molar-refractivity contribution in [2.45, 2.75) is 44.9 Å². The summed E-state index contributed by atoms with van der Waals surface area (Å²) < 4.78 is 38.0. The van der Waals surface area contributed by atoms with E-state index >= 15 is 0 Å². The van der Waals surface area contributed by atoms with Crippen molar-refractivity contribution in [1.29, 1.82) is 0 Å². The summed E-state index contributed by atoms with van der Waals surface area (Å²) >= 11 is 0. The number of aryl methyl sites for hydroxylation is 1. The first-order valence-electron chi connectivity index (χ1n) is 9.06. The summed E-state index contributed by atoms with van der Waals surface area (Å²) in [5, 5.41) is 2.80. The minimum Gasteiger partial charge on any atom is -0.333 e. The molecule has 1 aromatic rings. The number of rotatable bonds is 3. The van der Waals surface area contributed by atoms with Gasteiger partial charge in [0.15, 0.2) is 0 Å². The Morgan fingerprint density at radius 1 is 1.15 bits per heavy atom. The number of hydrogen-bond acceptors (Lipinski definition) is 2. The van der Waals surface area contributed by atoms with Gasteiger partial charge in [-0.15, -0.1) is 0 Å². The SMILES string of the molecule is Cc1ccc(CN2CCN(C(=O)NC3(C)CC(C(F)(F)F)C3)CC2)cc1. The van der Waals surface area contributed by atoms with Crippen LogP contribution in [-0.2, 0) is 6.54 Å². The summed E-state index contributed by atoms with van der Waals surface area (Å²) in [7, 11) is 0. The van der Waals surface area contributed by atoms with Crippen LogP contribution in [0.15, 0.2) is 24.3 Å². The van der Waals surface area contributed by atoms with Crippen LogP contribution in [0.2, 0.25) is 0 Å². The second-order valence-corrected chi connectivity index (χ2v) is 7.89. The van der Waals surface area contributed by atoms with Crippen LogP contribution in [-0.4, -0.2) is 53.7 Å². The molecule has 4 nitrogen and oxygen atoms in total. The number of amides is 2. The molecule has 3 rings (SSSR count). The molecule has 0 atom stereocenters. The Hall–Kier alpha value is -1.76. The highest BCUT2D eigenvalue weighted by Crippen LogP contribution is 2.47. The smallest absolute Gasteiger partial charge is 0.333 e. The minimum atomic E-state index is -4.16. The number of nitrogens with zero attached hydrogens (tertiary/aromatic N) is 2. The number of carbonyl (C=O) groups is 1. The third-order valence-corrected chi connectivity index (χ3v) is 5.45. The molecule has 1 N–H and O–H groups in total. The van der Waals surface area contributed by atoms with Gasteiger partial charge in [0.1, 0.15) is 0 Å². The van der Waals surface area contributed by atoms with Crippen molar-refractivity contribution in [3.63, 3.8) is 0 Å². The van der Waals surface area contributed by atoms with E-state index in [1.54, 1.807) is 11.8 Å². The van der Waals surface area contributed by atoms with Crippen LogP contribution in [0, 0.1) is 12.8 Å². The molecular weight excluding hydrogens is 343 g/mol. The zero-order chi connectivity index (χ0) is 18.9. The monoisotopic (exact) mass is 369 g/mol. The van der Waals surface area contributed by atoms with Crippen molar-refractivity contribution < 1.29 is 18.0 Å². The van der Waals surface area contributed by atoms with Crippen molar-refractivity contribution in [1.82, 2.24) is 15.1 Å². The predicted octanol–water partition coefficient (Wildman–Crippen LogP) is 3.55. The molecule has 0 unspecified atom stereocenters. The third kappa shape index (κ3) is 4.50. The van der Waals surface area contributed by atoms with Gasteiger partial charge < -0.3 is 10.2 Å². The van der Waals surface area contributed by atoms with E-state index in [2.05, 4.69) is 41.4 Å². The largest absolute Gasteiger partial charge is 0.391 e. The first-order chi connectivity index (χ1) is 12.1. The highest BCUT2D eigenvalue weighted by molar-refractivity contribution is 5.75. The first-order valence-corrected chi connectivity index (χ1v) is 9.06. The predicted molar refractivity (Wildman–Crippen MR) is 93.7 cm³/mol. The molecule has 2 aliphatic rings. The lowest BCUT2D eigenvalue weighted by Crippen LogP contribution is -2.62. The van der Waals surface area contributed by atoms with Gasteiger partial charge in [0.25, 0.3) is 0 Å². The number of halogens is 3. The van der Waals surface area contributed by atoms with Gasteiger partial charge in [-0.05, 0) is 32.3 Å². The van der Waals surface area contributed by atoms with E-state index in [1.807, 2.05) is 0 Å². The van der Waals surface area contributed by atoms with Crippen molar-refractivity contribution in [3.05, 3.63) is 35.4 Å². The average Bonchev–Trinajstić information content (AvgIpc) is 2.54. The zero-order valence-electron chi connectivity index (χ0n) is 15.3. The molecule has 1 saturated heterocycles. The van der Waals surface area contributed by atoms with Gasteiger partial charge in [-0.3, -0.25) is 4.90 Å². The van der Waals surface area contributed by atoms with Crippen molar-refractivity contribution in [3.8, 4) is 0 Å². The molecule has 0 bridgehead atoms. The number of benzene rings is 1. The number of hydrogen-bond donors (Lipinski definition) is 1. The summed E-state index contributed by atoms with van der Waals surface area (Å²) in [6, 6.07) is 8.16. The lowest BCUT2D eigenvalue weighted by atomic mass is 9.69. The molecule has 1 saturated carbocycles. The number of urea groups is 1. The fourth-order valence-electron chi connectivity index (χ4n) is 3.76. The molecule has 2 fully saturated rings. The Kier molecular flexibility index (Phi) is 5.19. The summed E-state index contributed by atoms with van der Waals surface area (Å²) in [5.41, 5.74) is 1.73. The zero-order valence-corrected chi connectivity index (χ0v) is 15.3. The van der Waals surface area contributed by atoms with E-state index in [0.29, 0.717) is 13.1 Å². The van der Waals surface area contributed by atoms with E-state index in [1.165, 1.54) is 11.1 Å². The quantitative estimate of drug-likeness (QED) is 0.884. The maximum Gasteiger partial charge on any atom is 0.391 e. The van der Waals surface area contributed by atoms with E-state index < -0.39 is 17.6 Å². The standard InChI is InChI=1S/C19H26F3N3O/c1-14-3-5-15(6-4-14)13-24-7-9-25(10-8-24)17(26)23-18(2)11-16(12-18)19(20,21)22/h3-6,16H,7-13H2,1-2H3,(H,23,26). The lowest BCUT2D eigenvalue weighted by molar-refractivity contribution is -0.208. The third-order valence-electron chi connectivity index (χ3n) is 5.45. The van der Waals surface area contributed by atoms with Crippen LogP contribution < -0.4 is 5.32 Å². The maximum atomic E-state index is 12.7. The van der Waals surface area contributed by atoms with E-state index in [4.69, 9.17) is 0 Å². The molecule has 0 aromatic heterocycles. The molecule has 144 valence electrons. The number of piperazine rings is 1. The van der Waals surface area contributed by atoms with Gasteiger partial charge in [0, 0.05) is 38.3 Å². The van der Waals surface area contributed by atoms with E-state index in [-0.39, 0.29) is 18.9 Å². The molecule has 1 aromatic carbocycles. The Balaban J connectivity index is 1.43. The Morgan fingerprint density at radius 3 is 2.27 bits per heavy atom. The Morgan fingerprint density at radius 2 is 1.73 bits per heavy atom. The van der Waals surface area contributed by atoms with Crippen molar-refractivity contribution in [2.75, 3.05) is 26.2 Å². The summed E-state index contributed by atoms with van der Waals surface area (Å²) in [4.78, 5) is 16.4. The molecule has 7 heteroatoms. The fourth-order valence-corrected chi connectivity index (χ4v) is 3.76. The Labute approximate surface area is 152 Å². The number of nitrogens with one attached hydrogen (secondary N) is 1. The molecule has 1 heterocycles. The Bertz CT molecular complexity index is 630. The minimum absolute atomic E-state index is 0.0321. The van der Waals surface area contributed by atoms with Gasteiger partial charge in [-0.1, -0.05) is 29.8 Å². The molecule has 26 heavy (non-hydrogen) atoms. The molecule has 0 radical (unpaired) electrons. The number of alkyl halides is 3.